The number of benzene rings is 3. The van der Waals surface area contributed by atoms with E-state index in [0.717, 1.165) is 16.3 Å². The van der Waals surface area contributed by atoms with E-state index in [1.807, 2.05) is 43.3 Å². The molecule has 0 bridgehead atoms. The second-order valence-corrected chi connectivity index (χ2v) is 6.54. The fraction of sp³-hybridized carbons (Fsp3) is 0.130. The maximum absolute atomic E-state index is 12.5. The maximum Gasteiger partial charge on any atom is 0.363 e. The summed E-state index contributed by atoms with van der Waals surface area (Å²) < 4.78 is 21.9. The van der Waals surface area contributed by atoms with Crippen molar-refractivity contribution in [3.05, 3.63) is 71.4 Å². The van der Waals surface area contributed by atoms with E-state index >= 15 is 0 Å². The molecule has 0 amide bonds. The van der Waals surface area contributed by atoms with Gasteiger partial charge in [0, 0.05) is 11.1 Å². The summed E-state index contributed by atoms with van der Waals surface area (Å²) in [5, 5.41) is 2.03. The van der Waals surface area contributed by atoms with Gasteiger partial charge in [-0.25, -0.2) is 9.79 Å². The van der Waals surface area contributed by atoms with E-state index in [0.29, 0.717) is 29.4 Å². The smallest absolute Gasteiger partial charge is 0.363 e. The van der Waals surface area contributed by atoms with Gasteiger partial charge in [-0.15, -0.1) is 0 Å². The minimum atomic E-state index is -0.506. The zero-order chi connectivity index (χ0) is 19.8. The van der Waals surface area contributed by atoms with Crippen LogP contribution >= 0.6 is 0 Å². The van der Waals surface area contributed by atoms with Crippen LogP contribution in [-0.4, -0.2) is 25.3 Å². The van der Waals surface area contributed by atoms with E-state index in [9.17, 15) is 4.79 Å². The molecule has 0 saturated heterocycles. The fourth-order valence-corrected chi connectivity index (χ4v) is 3.40. The first kappa shape index (κ1) is 17.3. The molecule has 3 aromatic carbocycles. The summed E-state index contributed by atoms with van der Waals surface area (Å²) in [6.07, 6.45) is 1.72. The van der Waals surface area contributed by atoms with Gasteiger partial charge < -0.3 is 18.9 Å². The highest BCUT2D eigenvalue weighted by molar-refractivity contribution is 6.13. The lowest BCUT2D eigenvalue weighted by Crippen LogP contribution is -2.05. The number of cyclic esters (lactones) is 1. The number of carbonyl (C=O) groups is 1. The fourth-order valence-electron chi connectivity index (χ4n) is 3.40. The zero-order valence-electron chi connectivity index (χ0n) is 15.7. The highest BCUT2D eigenvalue weighted by Crippen LogP contribution is 2.35. The summed E-state index contributed by atoms with van der Waals surface area (Å²) in [5.41, 5.74) is 1.66. The van der Waals surface area contributed by atoms with Crippen LogP contribution in [-0.2, 0) is 9.53 Å². The monoisotopic (exact) mass is 387 g/mol. The predicted octanol–water partition coefficient (Wildman–Crippen LogP) is 4.31. The summed E-state index contributed by atoms with van der Waals surface area (Å²) in [5.74, 6) is 1.68. The largest absolute Gasteiger partial charge is 0.493 e. The van der Waals surface area contributed by atoms with Crippen LogP contribution in [0.5, 0.6) is 17.2 Å². The van der Waals surface area contributed by atoms with E-state index < -0.39 is 5.97 Å². The summed E-state index contributed by atoms with van der Waals surface area (Å²) >= 11 is 0. The molecular formula is C23H17NO5. The lowest BCUT2D eigenvalue weighted by Gasteiger charge is -2.10. The molecule has 2 heterocycles. The van der Waals surface area contributed by atoms with Gasteiger partial charge in [0.2, 0.25) is 12.7 Å². The van der Waals surface area contributed by atoms with Gasteiger partial charge in [-0.05, 0) is 48.0 Å². The molecule has 0 N–H and O–H groups in total. The SMILES string of the molecule is CCOc1ccc2ccccc2c1/C=C1\N=C(c2ccc3c(c2)OCO3)OC1=O. The third-order valence-electron chi connectivity index (χ3n) is 4.75. The Kier molecular flexibility index (Phi) is 4.17. The number of aliphatic imine (C=N–C) groups is 1. The van der Waals surface area contributed by atoms with E-state index in [2.05, 4.69) is 4.99 Å². The van der Waals surface area contributed by atoms with Gasteiger partial charge in [0.05, 0.1) is 6.61 Å². The molecule has 0 fully saturated rings. The van der Waals surface area contributed by atoms with Gasteiger partial charge in [0.25, 0.3) is 0 Å². The van der Waals surface area contributed by atoms with Crippen molar-refractivity contribution >= 4 is 28.7 Å². The molecule has 6 heteroatoms. The minimum absolute atomic E-state index is 0.178. The topological polar surface area (TPSA) is 66.3 Å². The highest BCUT2D eigenvalue weighted by atomic mass is 16.7. The second-order valence-electron chi connectivity index (χ2n) is 6.54. The number of hydrogen-bond acceptors (Lipinski definition) is 6. The van der Waals surface area contributed by atoms with Crippen LogP contribution in [0.4, 0.5) is 0 Å². The number of esters is 1. The van der Waals surface area contributed by atoms with Gasteiger partial charge in [0.15, 0.2) is 17.2 Å². The molecule has 2 aliphatic rings. The van der Waals surface area contributed by atoms with Crippen LogP contribution in [0.3, 0.4) is 0 Å². The Bertz CT molecular complexity index is 1200. The van der Waals surface area contributed by atoms with E-state index in [4.69, 9.17) is 18.9 Å². The van der Waals surface area contributed by atoms with Gasteiger partial charge in [0.1, 0.15) is 5.75 Å². The van der Waals surface area contributed by atoms with Crippen LogP contribution in [0, 0.1) is 0 Å². The summed E-state index contributed by atoms with van der Waals surface area (Å²) in [7, 11) is 0. The summed E-state index contributed by atoms with van der Waals surface area (Å²) in [4.78, 5) is 16.9. The molecule has 0 aliphatic carbocycles. The van der Waals surface area contributed by atoms with Crippen molar-refractivity contribution < 1.29 is 23.7 Å². The maximum atomic E-state index is 12.5. The van der Waals surface area contributed by atoms with Crippen molar-refractivity contribution in [3.63, 3.8) is 0 Å². The number of fused-ring (bicyclic) bond motifs is 2. The standard InChI is InChI=1S/C23H17NO5/c1-2-26-19-9-7-14-5-3-4-6-16(14)17(19)12-18-23(25)29-22(24-18)15-8-10-20-21(11-15)28-13-27-20/h3-12H,2,13H2,1H3/b18-12-. The lowest BCUT2D eigenvalue weighted by molar-refractivity contribution is -0.129. The normalized spacial score (nSPS) is 16.2. The number of rotatable bonds is 4. The Morgan fingerprint density at radius 3 is 2.83 bits per heavy atom. The van der Waals surface area contributed by atoms with E-state index in [-0.39, 0.29) is 18.4 Å². The van der Waals surface area contributed by atoms with Crippen LogP contribution in [0.15, 0.2) is 65.3 Å². The predicted molar refractivity (Wildman–Crippen MR) is 108 cm³/mol. The molecular weight excluding hydrogens is 370 g/mol. The molecule has 0 saturated carbocycles. The van der Waals surface area contributed by atoms with Crippen LogP contribution in [0.25, 0.3) is 16.8 Å². The average molecular weight is 387 g/mol. The molecule has 6 nitrogen and oxygen atoms in total. The lowest BCUT2D eigenvalue weighted by atomic mass is 10.0. The minimum Gasteiger partial charge on any atom is -0.493 e. The van der Waals surface area contributed by atoms with Gasteiger partial charge in [-0.2, -0.15) is 0 Å². The summed E-state index contributed by atoms with van der Waals surface area (Å²) in [6, 6.07) is 17.1. The van der Waals surface area contributed by atoms with Crippen molar-refractivity contribution in [3.8, 4) is 17.2 Å². The first-order valence-electron chi connectivity index (χ1n) is 9.30. The Morgan fingerprint density at radius 1 is 1.07 bits per heavy atom. The van der Waals surface area contributed by atoms with Gasteiger partial charge in [-0.1, -0.05) is 30.3 Å². The molecule has 2 aliphatic heterocycles. The molecule has 0 spiro atoms. The van der Waals surface area contributed by atoms with E-state index in [1.165, 1.54) is 0 Å². The molecule has 0 atom stereocenters. The molecule has 0 unspecified atom stereocenters. The van der Waals surface area contributed by atoms with Crippen molar-refractivity contribution in [1.29, 1.82) is 0 Å². The third-order valence-corrected chi connectivity index (χ3v) is 4.75. The first-order chi connectivity index (χ1) is 14.2. The number of carbonyl (C=O) groups excluding carboxylic acids is 1. The zero-order valence-corrected chi connectivity index (χ0v) is 15.7. The highest BCUT2D eigenvalue weighted by Gasteiger charge is 2.26. The molecule has 0 aromatic heterocycles. The molecule has 5 rings (SSSR count). The Morgan fingerprint density at radius 2 is 1.93 bits per heavy atom. The quantitative estimate of drug-likeness (QED) is 0.493. The first-order valence-corrected chi connectivity index (χ1v) is 9.30. The Hall–Kier alpha value is -3.80. The molecule has 144 valence electrons. The number of hydrogen-bond donors (Lipinski definition) is 0. The van der Waals surface area contributed by atoms with Crippen molar-refractivity contribution in [1.82, 2.24) is 0 Å². The van der Waals surface area contributed by atoms with Crippen molar-refractivity contribution in [2.75, 3.05) is 13.4 Å². The Labute approximate surface area is 167 Å². The average Bonchev–Trinajstić information content (AvgIpc) is 3.36. The summed E-state index contributed by atoms with van der Waals surface area (Å²) in [6.45, 7) is 2.62. The van der Waals surface area contributed by atoms with Crippen LogP contribution in [0.2, 0.25) is 0 Å². The van der Waals surface area contributed by atoms with Gasteiger partial charge in [-0.3, -0.25) is 0 Å². The van der Waals surface area contributed by atoms with E-state index in [1.54, 1.807) is 24.3 Å². The molecule has 3 aromatic rings. The molecule has 0 radical (unpaired) electrons. The van der Waals surface area contributed by atoms with Crippen LogP contribution in [0.1, 0.15) is 18.1 Å². The number of nitrogens with zero attached hydrogens (tertiary/aromatic N) is 1. The van der Waals surface area contributed by atoms with Crippen molar-refractivity contribution in [2.45, 2.75) is 6.92 Å². The number of ether oxygens (including phenoxy) is 4. The third kappa shape index (κ3) is 3.08. The Balaban J connectivity index is 1.59. The van der Waals surface area contributed by atoms with Crippen LogP contribution < -0.4 is 14.2 Å². The van der Waals surface area contributed by atoms with Crippen molar-refractivity contribution in [2.24, 2.45) is 4.99 Å². The second kappa shape index (κ2) is 6.98. The van der Waals surface area contributed by atoms with Gasteiger partial charge >= 0.3 is 5.97 Å². The molecule has 29 heavy (non-hydrogen) atoms.